The van der Waals surface area contributed by atoms with E-state index in [1.807, 2.05) is 30.3 Å². The predicted octanol–water partition coefficient (Wildman–Crippen LogP) is 4.34. The number of hydrogen-bond acceptors (Lipinski definition) is 3. The third kappa shape index (κ3) is 2.87. The summed E-state index contributed by atoms with van der Waals surface area (Å²) in [5.74, 6) is -2.63. The SMILES string of the molecule is O=C(Nc1cc(-c2ccccc2)ns1)c1c(F)cccc1F. The van der Waals surface area contributed by atoms with Crippen LogP contribution in [-0.2, 0) is 0 Å². The minimum atomic E-state index is -0.898. The molecular formula is C16H10F2N2OS. The maximum absolute atomic E-state index is 13.6. The Kier molecular flexibility index (Phi) is 3.93. The van der Waals surface area contributed by atoms with Crippen molar-refractivity contribution < 1.29 is 13.6 Å². The van der Waals surface area contributed by atoms with Crippen molar-refractivity contribution in [3.63, 3.8) is 0 Å². The Bertz CT molecular complexity index is 798. The number of carbonyl (C=O) groups excluding carboxylic acids is 1. The van der Waals surface area contributed by atoms with E-state index in [-0.39, 0.29) is 0 Å². The van der Waals surface area contributed by atoms with Crippen molar-refractivity contribution in [3.05, 3.63) is 71.8 Å². The number of nitrogens with one attached hydrogen (secondary N) is 1. The van der Waals surface area contributed by atoms with Crippen molar-refractivity contribution in [2.24, 2.45) is 0 Å². The normalized spacial score (nSPS) is 10.5. The van der Waals surface area contributed by atoms with Gasteiger partial charge in [0.05, 0.1) is 5.69 Å². The average Bonchev–Trinajstić information content (AvgIpc) is 2.96. The molecule has 110 valence electrons. The van der Waals surface area contributed by atoms with E-state index in [2.05, 4.69) is 9.69 Å². The summed E-state index contributed by atoms with van der Waals surface area (Å²) in [5, 5.41) is 2.89. The fraction of sp³-hybridized carbons (Fsp3) is 0. The zero-order valence-electron chi connectivity index (χ0n) is 11.2. The molecule has 1 heterocycles. The Labute approximate surface area is 129 Å². The zero-order valence-corrected chi connectivity index (χ0v) is 12.0. The smallest absolute Gasteiger partial charge is 0.262 e. The van der Waals surface area contributed by atoms with E-state index in [0.717, 1.165) is 29.2 Å². The van der Waals surface area contributed by atoms with E-state index in [1.54, 1.807) is 6.07 Å². The first-order chi connectivity index (χ1) is 10.6. The van der Waals surface area contributed by atoms with Crippen LogP contribution in [0.25, 0.3) is 11.3 Å². The molecule has 0 aliphatic rings. The van der Waals surface area contributed by atoms with Crippen LogP contribution in [0.15, 0.2) is 54.6 Å². The molecule has 0 radical (unpaired) electrons. The maximum Gasteiger partial charge on any atom is 0.262 e. The van der Waals surface area contributed by atoms with Crippen molar-refractivity contribution in [1.82, 2.24) is 4.37 Å². The number of amides is 1. The second kappa shape index (κ2) is 6.03. The lowest BCUT2D eigenvalue weighted by atomic mass is 10.1. The molecule has 0 saturated carbocycles. The fourth-order valence-electron chi connectivity index (χ4n) is 1.97. The molecule has 0 spiro atoms. The van der Waals surface area contributed by atoms with Crippen LogP contribution in [0, 0.1) is 11.6 Å². The molecule has 0 aliphatic heterocycles. The van der Waals surface area contributed by atoms with Gasteiger partial charge >= 0.3 is 0 Å². The number of rotatable bonds is 3. The average molecular weight is 316 g/mol. The summed E-state index contributed by atoms with van der Waals surface area (Å²) in [6.07, 6.45) is 0. The van der Waals surface area contributed by atoms with Crippen LogP contribution >= 0.6 is 11.5 Å². The lowest BCUT2D eigenvalue weighted by Crippen LogP contribution is -2.15. The molecule has 3 aromatic rings. The highest BCUT2D eigenvalue weighted by Gasteiger charge is 2.18. The third-order valence-electron chi connectivity index (χ3n) is 3.01. The Morgan fingerprint density at radius 1 is 1.00 bits per heavy atom. The molecule has 1 amide bonds. The van der Waals surface area contributed by atoms with Crippen LogP contribution < -0.4 is 5.32 Å². The molecule has 6 heteroatoms. The molecule has 22 heavy (non-hydrogen) atoms. The van der Waals surface area contributed by atoms with Crippen molar-refractivity contribution in [1.29, 1.82) is 0 Å². The van der Waals surface area contributed by atoms with Gasteiger partial charge < -0.3 is 5.32 Å². The standard InChI is InChI=1S/C16H10F2N2OS/c17-11-7-4-8-12(18)15(11)16(21)19-14-9-13(20-22-14)10-5-2-1-3-6-10/h1-9H,(H,19,21). The highest BCUT2D eigenvalue weighted by Crippen LogP contribution is 2.26. The van der Waals surface area contributed by atoms with Gasteiger partial charge in [-0.3, -0.25) is 4.79 Å². The van der Waals surface area contributed by atoms with Crippen molar-refractivity contribution in [3.8, 4) is 11.3 Å². The Hall–Kier alpha value is -2.60. The topological polar surface area (TPSA) is 42.0 Å². The Morgan fingerprint density at radius 3 is 2.36 bits per heavy atom. The number of carbonyl (C=O) groups is 1. The van der Waals surface area contributed by atoms with E-state index in [4.69, 9.17) is 0 Å². The minimum Gasteiger partial charge on any atom is -0.312 e. The van der Waals surface area contributed by atoms with Crippen molar-refractivity contribution >= 4 is 22.4 Å². The van der Waals surface area contributed by atoms with Gasteiger partial charge in [0, 0.05) is 11.6 Å². The van der Waals surface area contributed by atoms with Gasteiger partial charge in [-0.15, -0.1) is 0 Å². The number of nitrogens with zero attached hydrogens (tertiary/aromatic N) is 1. The molecule has 1 N–H and O–H groups in total. The Morgan fingerprint density at radius 2 is 1.68 bits per heavy atom. The number of hydrogen-bond donors (Lipinski definition) is 1. The molecule has 3 nitrogen and oxygen atoms in total. The van der Waals surface area contributed by atoms with Crippen LogP contribution in [-0.4, -0.2) is 10.3 Å². The zero-order chi connectivity index (χ0) is 15.5. The first-order valence-corrected chi connectivity index (χ1v) is 7.20. The van der Waals surface area contributed by atoms with Gasteiger partial charge in [-0.1, -0.05) is 36.4 Å². The summed E-state index contributed by atoms with van der Waals surface area (Å²) < 4.78 is 31.3. The van der Waals surface area contributed by atoms with E-state index >= 15 is 0 Å². The first-order valence-electron chi connectivity index (χ1n) is 6.42. The van der Waals surface area contributed by atoms with Gasteiger partial charge in [0.15, 0.2) is 0 Å². The molecule has 0 saturated heterocycles. The van der Waals surface area contributed by atoms with Crippen LogP contribution in [0.5, 0.6) is 0 Å². The van der Waals surface area contributed by atoms with E-state index < -0.39 is 23.1 Å². The minimum absolute atomic E-state index is 0.423. The van der Waals surface area contributed by atoms with Gasteiger partial charge in [0.1, 0.15) is 22.2 Å². The molecule has 0 aliphatic carbocycles. The van der Waals surface area contributed by atoms with E-state index in [0.29, 0.717) is 10.7 Å². The fourth-order valence-corrected chi connectivity index (χ4v) is 2.63. The summed E-state index contributed by atoms with van der Waals surface area (Å²) in [7, 11) is 0. The second-order valence-electron chi connectivity index (χ2n) is 4.49. The maximum atomic E-state index is 13.6. The summed E-state index contributed by atoms with van der Waals surface area (Å²) in [6, 6.07) is 14.4. The molecule has 0 unspecified atom stereocenters. The summed E-state index contributed by atoms with van der Waals surface area (Å²) >= 11 is 1.05. The molecule has 0 atom stereocenters. The highest BCUT2D eigenvalue weighted by atomic mass is 32.1. The van der Waals surface area contributed by atoms with Crippen LogP contribution in [0.4, 0.5) is 13.8 Å². The molecular weight excluding hydrogens is 306 g/mol. The second-order valence-corrected chi connectivity index (χ2v) is 5.30. The van der Waals surface area contributed by atoms with Gasteiger partial charge in [0.2, 0.25) is 0 Å². The Balaban J connectivity index is 1.82. The number of halogens is 2. The van der Waals surface area contributed by atoms with Gasteiger partial charge in [-0.2, -0.15) is 4.37 Å². The lowest BCUT2D eigenvalue weighted by molar-refractivity contribution is 0.101. The van der Waals surface area contributed by atoms with E-state index in [1.165, 1.54) is 6.07 Å². The van der Waals surface area contributed by atoms with Crippen LogP contribution in [0.2, 0.25) is 0 Å². The number of anilines is 1. The van der Waals surface area contributed by atoms with Gasteiger partial charge in [0.25, 0.3) is 5.91 Å². The third-order valence-corrected chi connectivity index (χ3v) is 3.71. The number of benzene rings is 2. The van der Waals surface area contributed by atoms with Crippen molar-refractivity contribution in [2.45, 2.75) is 0 Å². The molecule has 2 aromatic carbocycles. The first kappa shape index (κ1) is 14.3. The van der Waals surface area contributed by atoms with Crippen LogP contribution in [0.1, 0.15) is 10.4 Å². The summed E-state index contributed by atoms with van der Waals surface area (Å²) in [6.45, 7) is 0. The van der Waals surface area contributed by atoms with Crippen LogP contribution in [0.3, 0.4) is 0 Å². The van der Waals surface area contributed by atoms with Gasteiger partial charge in [-0.05, 0) is 23.7 Å². The molecule has 0 bridgehead atoms. The highest BCUT2D eigenvalue weighted by molar-refractivity contribution is 7.10. The van der Waals surface area contributed by atoms with Crippen molar-refractivity contribution in [2.75, 3.05) is 5.32 Å². The quantitative estimate of drug-likeness (QED) is 0.781. The largest absolute Gasteiger partial charge is 0.312 e. The molecule has 1 aromatic heterocycles. The number of aromatic nitrogens is 1. The molecule has 3 rings (SSSR count). The lowest BCUT2D eigenvalue weighted by Gasteiger charge is -2.04. The summed E-state index contributed by atoms with van der Waals surface area (Å²) in [5.41, 5.74) is 0.989. The van der Waals surface area contributed by atoms with Gasteiger partial charge in [-0.25, -0.2) is 8.78 Å². The van der Waals surface area contributed by atoms with E-state index in [9.17, 15) is 13.6 Å². The summed E-state index contributed by atoms with van der Waals surface area (Å²) in [4.78, 5) is 12.0. The molecule has 0 fully saturated rings. The monoisotopic (exact) mass is 316 g/mol. The predicted molar refractivity (Wildman–Crippen MR) is 81.9 cm³/mol.